The lowest BCUT2D eigenvalue weighted by atomic mass is 10.0. The highest BCUT2D eigenvalue weighted by Gasteiger charge is 2.24. The van der Waals surface area contributed by atoms with Crippen molar-refractivity contribution in [3.63, 3.8) is 0 Å². The van der Waals surface area contributed by atoms with E-state index in [1.807, 2.05) is 30.3 Å². The Kier molecular flexibility index (Phi) is 8.30. The lowest BCUT2D eigenvalue weighted by molar-refractivity contribution is -0.134. The molecular weight excluding hydrogens is 374 g/mol. The van der Waals surface area contributed by atoms with E-state index in [9.17, 15) is 14.4 Å². The Morgan fingerprint density at radius 1 is 1.10 bits per heavy atom. The molecule has 1 aliphatic rings. The maximum atomic E-state index is 12.3. The largest absolute Gasteiger partial charge is 0.484 e. The zero-order valence-electron chi connectivity index (χ0n) is 17.4. The molecule has 1 saturated heterocycles. The molecule has 1 aromatic rings. The molecule has 0 atom stereocenters. The molecule has 2 N–H and O–H groups in total. The minimum Gasteiger partial charge on any atom is -0.484 e. The van der Waals surface area contributed by atoms with Crippen LogP contribution in [0.4, 0.5) is 4.79 Å². The van der Waals surface area contributed by atoms with Gasteiger partial charge in [-0.2, -0.15) is 0 Å². The van der Waals surface area contributed by atoms with Crippen molar-refractivity contribution in [2.45, 2.75) is 51.7 Å². The molecule has 1 aliphatic heterocycles. The van der Waals surface area contributed by atoms with Crippen LogP contribution in [0.5, 0.6) is 5.75 Å². The summed E-state index contributed by atoms with van der Waals surface area (Å²) in [6.07, 6.45) is 1.04. The summed E-state index contributed by atoms with van der Waals surface area (Å²) >= 11 is 0. The first-order valence-corrected chi connectivity index (χ1v) is 9.95. The van der Waals surface area contributed by atoms with E-state index in [2.05, 4.69) is 10.6 Å². The molecule has 0 radical (unpaired) electrons. The third-order valence-electron chi connectivity index (χ3n) is 4.34. The van der Waals surface area contributed by atoms with Gasteiger partial charge in [0.25, 0.3) is 5.91 Å². The molecule has 0 unspecified atom stereocenters. The number of amides is 3. The Bertz CT molecular complexity index is 679. The third kappa shape index (κ3) is 8.85. The number of benzene rings is 1. The predicted octanol–water partition coefficient (Wildman–Crippen LogP) is 2.09. The van der Waals surface area contributed by atoms with Crippen molar-refractivity contribution in [1.29, 1.82) is 0 Å². The second-order valence-corrected chi connectivity index (χ2v) is 8.00. The number of carbonyl (C=O) groups is 3. The minimum atomic E-state index is -0.566. The molecule has 1 fully saturated rings. The van der Waals surface area contributed by atoms with Crippen LogP contribution in [-0.4, -0.2) is 60.7 Å². The zero-order chi connectivity index (χ0) is 21.3. The van der Waals surface area contributed by atoms with Crippen LogP contribution in [-0.2, 0) is 14.3 Å². The summed E-state index contributed by atoms with van der Waals surface area (Å²) in [7, 11) is 0. The molecule has 3 amide bonds. The maximum absolute atomic E-state index is 12.3. The smallest absolute Gasteiger partial charge is 0.407 e. The van der Waals surface area contributed by atoms with Crippen molar-refractivity contribution in [2.24, 2.45) is 0 Å². The van der Waals surface area contributed by atoms with Crippen molar-refractivity contribution in [3.8, 4) is 5.75 Å². The Morgan fingerprint density at radius 2 is 1.76 bits per heavy atom. The van der Waals surface area contributed by atoms with Crippen LogP contribution in [0.15, 0.2) is 30.3 Å². The molecule has 1 aromatic carbocycles. The van der Waals surface area contributed by atoms with Crippen molar-refractivity contribution in [1.82, 2.24) is 15.5 Å². The van der Waals surface area contributed by atoms with Crippen molar-refractivity contribution in [3.05, 3.63) is 30.3 Å². The molecule has 2 rings (SSSR count). The number of likely N-dealkylation sites (tertiary alicyclic amines) is 1. The fourth-order valence-corrected chi connectivity index (χ4v) is 2.92. The summed E-state index contributed by atoms with van der Waals surface area (Å²) in [6.45, 7) is 6.74. The molecule has 1 heterocycles. The standard InChI is InChI=1S/C21H31N3O5/c1-21(2,3)29-20(27)22-12-9-18(25)23-16-10-13-24(14-11-16)19(26)15-28-17-7-5-4-6-8-17/h4-8,16H,9-15H2,1-3H3,(H,22,27)(H,23,25). The number of nitrogens with one attached hydrogen (secondary N) is 2. The molecular formula is C21H31N3O5. The molecule has 160 valence electrons. The molecule has 0 saturated carbocycles. The quantitative estimate of drug-likeness (QED) is 0.724. The van der Waals surface area contributed by atoms with Crippen molar-refractivity contribution >= 4 is 17.9 Å². The predicted molar refractivity (Wildman–Crippen MR) is 109 cm³/mol. The van der Waals surface area contributed by atoms with E-state index in [1.165, 1.54) is 0 Å². The molecule has 8 nitrogen and oxygen atoms in total. The monoisotopic (exact) mass is 405 g/mol. The Morgan fingerprint density at radius 3 is 2.38 bits per heavy atom. The lowest BCUT2D eigenvalue weighted by Crippen LogP contribution is -2.48. The normalized spacial score (nSPS) is 14.8. The summed E-state index contributed by atoms with van der Waals surface area (Å²) in [5, 5.41) is 5.53. The lowest BCUT2D eigenvalue weighted by Gasteiger charge is -2.32. The van der Waals surface area contributed by atoms with Gasteiger partial charge in [0.1, 0.15) is 11.4 Å². The van der Waals surface area contributed by atoms with E-state index in [4.69, 9.17) is 9.47 Å². The third-order valence-corrected chi connectivity index (χ3v) is 4.34. The molecule has 0 aromatic heterocycles. The second kappa shape index (κ2) is 10.7. The summed E-state index contributed by atoms with van der Waals surface area (Å²) in [6, 6.07) is 9.26. The molecule has 0 spiro atoms. The van der Waals surface area contributed by atoms with Crippen LogP contribution in [0.25, 0.3) is 0 Å². The van der Waals surface area contributed by atoms with Gasteiger partial charge in [0.15, 0.2) is 6.61 Å². The van der Waals surface area contributed by atoms with Gasteiger partial charge in [-0.15, -0.1) is 0 Å². The number of ether oxygens (including phenoxy) is 2. The van der Waals surface area contributed by atoms with Gasteiger partial charge >= 0.3 is 6.09 Å². The van der Waals surface area contributed by atoms with E-state index in [0.717, 1.165) is 0 Å². The maximum Gasteiger partial charge on any atom is 0.407 e. The van der Waals surface area contributed by atoms with Crippen molar-refractivity contribution in [2.75, 3.05) is 26.2 Å². The molecule has 0 bridgehead atoms. The number of hydrogen-bond donors (Lipinski definition) is 2. The summed E-state index contributed by atoms with van der Waals surface area (Å²) in [4.78, 5) is 37.6. The topological polar surface area (TPSA) is 97.0 Å². The summed E-state index contributed by atoms with van der Waals surface area (Å²) in [5.41, 5.74) is -0.566. The van der Waals surface area contributed by atoms with Crippen LogP contribution >= 0.6 is 0 Å². The van der Waals surface area contributed by atoms with Crippen LogP contribution in [0, 0.1) is 0 Å². The van der Waals surface area contributed by atoms with Crippen molar-refractivity contribution < 1.29 is 23.9 Å². The highest BCUT2D eigenvalue weighted by Crippen LogP contribution is 2.13. The van der Waals surface area contributed by atoms with Gasteiger partial charge in [0.05, 0.1) is 0 Å². The fraction of sp³-hybridized carbons (Fsp3) is 0.571. The van der Waals surface area contributed by atoms with Gasteiger partial charge in [-0.05, 0) is 45.7 Å². The van der Waals surface area contributed by atoms with Crippen LogP contribution in [0.2, 0.25) is 0 Å². The second-order valence-electron chi connectivity index (χ2n) is 8.00. The first-order chi connectivity index (χ1) is 13.7. The Balaban J connectivity index is 1.60. The van der Waals surface area contributed by atoms with Gasteiger partial charge in [-0.25, -0.2) is 4.79 Å². The number of piperidine rings is 1. The number of alkyl carbamates (subject to hydrolysis) is 1. The SMILES string of the molecule is CC(C)(C)OC(=O)NCCC(=O)NC1CCN(C(=O)COc2ccccc2)CC1. The van der Waals surface area contributed by atoms with Gasteiger partial charge in [0.2, 0.25) is 5.91 Å². The van der Waals surface area contributed by atoms with Gasteiger partial charge in [-0.1, -0.05) is 18.2 Å². The number of rotatable bonds is 7. The minimum absolute atomic E-state index is 0.0113. The van der Waals surface area contributed by atoms with Gasteiger partial charge < -0.3 is 25.0 Å². The zero-order valence-corrected chi connectivity index (χ0v) is 17.4. The van der Waals surface area contributed by atoms with E-state index in [1.54, 1.807) is 25.7 Å². The Labute approximate surface area is 171 Å². The average Bonchev–Trinajstić information content (AvgIpc) is 2.66. The highest BCUT2D eigenvalue weighted by molar-refractivity contribution is 5.78. The summed E-state index contributed by atoms with van der Waals surface area (Å²) < 4.78 is 10.6. The van der Waals surface area contributed by atoms with E-state index in [-0.39, 0.29) is 37.4 Å². The van der Waals surface area contributed by atoms with Crippen LogP contribution in [0.3, 0.4) is 0 Å². The van der Waals surface area contributed by atoms with Gasteiger partial charge in [-0.3, -0.25) is 9.59 Å². The van der Waals surface area contributed by atoms with E-state index in [0.29, 0.717) is 31.7 Å². The van der Waals surface area contributed by atoms with Crippen LogP contribution in [0.1, 0.15) is 40.0 Å². The van der Waals surface area contributed by atoms with E-state index < -0.39 is 11.7 Å². The molecule has 29 heavy (non-hydrogen) atoms. The first-order valence-electron chi connectivity index (χ1n) is 9.95. The molecule has 8 heteroatoms. The summed E-state index contributed by atoms with van der Waals surface area (Å²) in [5.74, 6) is 0.487. The van der Waals surface area contributed by atoms with Crippen LogP contribution < -0.4 is 15.4 Å². The average molecular weight is 405 g/mol. The fourth-order valence-electron chi connectivity index (χ4n) is 2.92. The Hall–Kier alpha value is -2.77. The number of para-hydroxylation sites is 1. The number of hydrogen-bond acceptors (Lipinski definition) is 5. The number of carbonyl (C=O) groups excluding carboxylic acids is 3. The van der Waals surface area contributed by atoms with Gasteiger partial charge in [0, 0.05) is 32.1 Å². The molecule has 0 aliphatic carbocycles. The number of nitrogens with zero attached hydrogens (tertiary/aromatic N) is 1. The van der Waals surface area contributed by atoms with E-state index >= 15 is 0 Å². The first kappa shape index (κ1) is 22.5. The highest BCUT2D eigenvalue weighted by atomic mass is 16.6.